The van der Waals surface area contributed by atoms with E-state index in [0.29, 0.717) is 0 Å². The minimum atomic E-state index is -1.11. The van der Waals surface area contributed by atoms with Crippen LogP contribution in [0.1, 0.15) is 0 Å². The molecule has 0 radical (unpaired) electrons. The predicted octanol–water partition coefficient (Wildman–Crippen LogP) is 0.736. The number of nitrogens with one attached hydrogen (secondary N) is 1. The lowest BCUT2D eigenvalue weighted by molar-refractivity contribution is -0.00320. The van der Waals surface area contributed by atoms with E-state index in [1.807, 2.05) is 19.0 Å². The van der Waals surface area contributed by atoms with Crippen LogP contribution in [0.15, 0.2) is 23.1 Å². The molecule has 0 aliphatic carbocycles. The molecule has 0 aromatic heterocycles. The van der Waals surface area contributed by atoms with Crippen LogP contribution in [0.3, 0.4) is 0 Å². The first-order valence-electron chi connectivity index (χ1n) is 4.78. The maximum Gasteiger partial charge on any atom is 0.243 e. The summed E-state index contributed by atoms with van der Waals surface area (Å²) in [5.74, 6) is -0.108. The third kappa shape index (κ3) is 2.15. The zero-order chi connectivity index (χ0) is 12.5. The summed E-state index contributed by atoms with van der Waals surface area (Å²) in [5, 5.41) is 7.87. The van der Waals surface area contributed by atoms with Crippen LogP contribution < -0.4 is 5.73 Å². The quantitative estimate of drug-likeness (QED) is 0.568. The highest BCUT2D eigenvalue weighted by Gasteiger charge is 2.40. The molecule has 5 nitrogen and oxygen atoms in total. The molecule has 6 heteroatoms. The second-order valence-electron chi connectivity index (χ2n) is 4.02. The summed E-state index contributed by atoms with van der Waals surface area (Å²) in [6.07, 6.45) is 3.45. The van der Waals surface area contributed by atoms with Gasteiger partial charge >= 0.3 is 0 Å². The average Bonchev–Trinajstić information content (AvgIpc) is 2.15. The molecule has 1 rings (SSSR count). The van der Waals surface area contributed by atoms with Crippen molar-refractivity contribution in [3.63, 3.8) is 0 Å². The van der Waals surface area contributed by atoms with Gasteiger partial charge in [-0.1, -0.05) is 0 Å². The minimum Gasteiger partial charge on any atom is -0.450 e. The van der Waals surface area contributed by atoms with E-state index < -0.39 is 5.72 Å². The van der Waals surface area contributed by atoms with Gasteiger partial charge in [0, 0.05) is 31.9 Å². The number of nitrogens with two attached hydrogens (primary N) is 1. The summed E-state index contributed by atoms with van der Waals surface area (Å²) in [6.45, 7) is 0. The van der Waals surface area contributed by atoms with Crippen molar-refractivity contribution in [1.29, 1.82) is 5.41 Å². The van der Waals surface area contributed by atoms with E-state index in [9.17, 15) is 0 Å². The lowest BCUT2D eigenvalue weighted by Gasteiger charge is -2.39. The first-order chi connectivity index (χ1) is 7.29. The minimum absolute atomic E-state index is 0.108. The standard InChI is InChI=1S/C10H17ClN4O/c1-14(2)7-5-8(11)16-10(6-7,9(12)13)15(3)4/h5-6H,1-4H3,(H3,12,13). The molecule has 1 atom stereocenters. The smallest absolute Gasteiger partial charge is 0.243 e. The summed E-state index contributed by atoms with van der Waals surface area (Å²) in [7, 11) is 7.33. The Kier molecular flexibility index (Phi) is 3.50. The van der Waals surface area contributed by atoms with Crippen LogP contribution in [-0.4, -0.2) is 49.6 Å². The maximum absolute atomic E-state index is 7.65. The zero-order valence-corrected chi connectivity index (χ0v) is 10.7. The monoisotopic (exact) mass is 244 g/mol. The summed E-state index contributed by atoms with van der Waals surface area (Å²) < 4.78 is 5.48. The largest absolute Gasteiger partial charge is 0.450 e. The molecule has 1 unspecified atom stereocenters. The fourth-order valence-electron chi connectivity index (χ4n) is 1.42. The molecule has 0 saturated heterocycles. The molecule has 0 spiro atoms. The van der Waals surface area contributed by atoms with Gasteiger partial charge in [-0.15, -0.1) is 0 Å². The lowest BCUT2D eigenvalue weighted by Crippen LogP contribution is -2.55. The van der Waals surface area contributed by atoms with Crippen molar-refractivity contribution in [2.45, 2.75) is 5.72 Å². The van der Waals surface area contributed by atoms with Gasteiger partial charge in [0.15, 0.2) is 11.1 Å². The molecule has 90 valence electrons. The second kappa shape index (κ2) is 4.35. The number of rotatable bonds is 3. The van der Waals surface area contributed by atoms with Crippen LogP contribution >= 0.6 is 11.6 Å². The Morgan fingerprint density at radius 1 is 1.44 bits per heavy atom. The fourth-order valence-corrected chi connectivity index (χ4v) is 1.65. The highest BCUT2D eigenvalue weighted by molar-refractivity contribution is 6.28. The van der Waals surface area contributed by atoms with Crippen molar-refractivity contribution in [2.75, 3.05) is 28.2 Å². The van der Waals surface area contributed by atoms with E-state index >= 15 is 0 Å². The fraction of sp³-hybridized carbons (Fsp3) is 0.500. The van der Waals surface area contributed by atoms with Crippen LogP contribution in [0, 0.1) is 5.41 Å². The number of hydrogen-bond donors (Lipinski definition) is 2. The molecular formula is C10H17ClN4O. The molecule has 0 fully saturated rings. The van der Waals surface area contributed by atoms with Crippen LogP contribution in [0.25, 0.3) is 0 Å². The highest BCUT2D eigenvalue weighted by Crippen LogP contribution is 2.29. The van der Waals surface area contributed by atoms with Gasteiger partial charge in [0.1, 0.15) is 0 Å². The molecule has 0 amide bonds. The van der Waals surface area contributed by atoms with E-state index in [4.69, 9.17) is 27.5 Å². The number of nitrogens with zero attached hydrogens (tertiary/aromatic N) is 2. The number of ether oxygens (including phenoxy) is 1. The first kappa shape index (κ1) is 12.9. The SMILES string of the molecule is CN(C)C1=CC(C(=N)N)(N(C)C)OC(Cl)=C1. The molecule has 0 saturated carbocycles. The number of likely N-dealkylation sites (N-methyl/N-ethyl adjacent to an activating group) is 2. The van der Waals surface area contributed by atoms with Gasteiger partial charge in [-0.05, 0) is 25.7 Å². The topological polar surface area (TPSA) is 65.6 Å². The average molecular weight is 245 g/mol. The second-order valence-corrected chi connectivity index (χ2v) is 4.39. The molecule has 1 aliphatic rings. The Bertz CT molecular complexity index is 362. The third-order valence-electron chi connectivity index (χ3n) is 2.42. The van der Waals surface area contributed by atoms with Crippen LogP contribution in [0.4, 0.5) is 0 Å². The normalized spacial score (nSPS) is 24.6. The highest BCUT2D eigenvalue weighted by atomic mass is 35.5. The van der Waals surface area contributed by atoms with Crippen molar-refractivity contribution < 1.29 is 4.74 Å². The van der Waals surface area contributed by atoms with E-state index in [1.54, 1.807) is 31.1 Å². The Morgan fingerprint density at radius 3 is 2.38 bits per heavy atom. The van der Waals surface area contributed by atoms with E-state index in [2.05, 4.69) is 0 Å². The van der Waals surface area contributed by atoms with Crippen molar-refractivity contribution in [2.24, 2.45) is 5.73 Å². The zero-order valence-electron chi connectivity index (χ0n) is 9.91. The Labute approximate surface area is 101 Å². The Balaban J connectivity index is 3.24. The number of halogens is 1. The van der Waals surface area contributed by atoms with Gasteiger partial charge < -0.3 is 15.4 Å². The van der Waals surface area contributed by atoms with Crippen LogP contribution in [-0.2, 0) is 4.74 Å². The molecule has 0 aromatic carbocycles. The summed E-state index contributed by atoms with van der Waals surface area (Å²) in [4.78, 5) is 3.58. The third-order valence-corrected chi connectivity index (χ3v) is 2.61. The molecule has 3 N–H and O–H groups in total. The Hall–Kier alpha value is -1.20. The number of hydrogen-bond acceptors (Lipinski definition) is 4. The summed E-state index contributed by atoms with van der Waals surface area (Å²) in [6, 6.07) is 0. The molecule has 0 aromatic rings. The van der Waals surface area contributed by atoms with Crippen LogP contribution in [0.5, 0.6) is 0 Å². The van der Waals surface area contributed by atoms with E-state index in [-0.39, 0.29) is 11.1 Å². The predicted molar refractivity (Wildman–Crippen MR) is 65.1 cm³/mol. The van der Waals surface area contributed by atoms with Gasteiger partial charge in [0.05, 0.1) is 0 Å². The molecular weight excluding hydrogens is 228 g/mol. The summed E-state index contributed by atoms with van der Waals surface area (Å²) >= 11 is 5.92. The van der Waals surface area contributed by atoms with Crippen molar-refractivity contribution >= 4 is 17.4 Å². The van der Waals surface area contributed by atoms with Crippen molar-refractivity contribution in [1.82, 2.24) is 9.80 Å². The summed E-state index contributed by atoms with van der Waals surface area (Å²) in [5.41, 5.74) is 5.34. The lowest BCUT2D eigenvalue weighted by atomic mass is 10.1. The molecule has 0 bridgehead atoms. The molecule has 1 heterocycles. The van der Waals surface area contributed by atoms with Gasteiger partial charge in [0.25, 0.3) is 0 Å². The van der Waals surface area contributed by atoms with Gasteiger partial charge in [0.2, 0.25) is 5.72 Å². The Morgan fingerprint density at radius 2 is 2.00 bits per heavy atom. The van der Waals surface area contributed by atoms with Gasteiger partial charge in [-0.2, -0.15) is 0 Å². The number of allylic oxidation sites excluding steroid dienone is 1. The van der Waals surface area contributed by atoms with Crippen molar-refractivity contribution in [3.8, 4) is 0 Å². The van der Waals surface area contributed by atoms with E-state index in [1.165, 1.54) is 0 Å². The van der Waals surface area contributed by atoms with E-state index in [0.717, 1.165) is 5.70 Å². The number of amidine groups is 1. The van der Waals surface area contributed by atoms with Crippen molar-refractivity contribution in [3.05, 3.63) is 23.1 Å². The van der Waals surface area contributed by atoms with Gasteiger partial charge in [-0.3, -0.25) is 10.3 Å². The molecule has 16 heavy (non-hydrogen) atoms. The first-order valence-corrected chi connectivity index (χ1v) is 5.15. The van der Waals surface area contributed by atoms with Gasteiger partial charge in [-0.25, -0.2) is 0 Å². The maximum atomic E-state index is 7.65. The molecule has 1 aliphatic heterocycles. The van der Waals surface area contributed by atoms with Crippen LogP contribution in [0.2, 0.25) is 0 Å².